The molecule has 11 heteroatoms. The van der Waals surface area contributed by atoms with Crippen molar-refractivity contribution in [3.8, 4) is 0 Å². The van der Waals surface area contributed by atoms with E-state index in [1.807, 2.05) is 0 Å². The van der Waals surface area contributed by atoms with Crippen molar-refractivity contribution < 1.29 is 18.0 Å². The van der Waals surface area contributed by atoms with Crippen molar-refractivity contribution in [3.05, 3.63) is 76.6 Å². The molecule has 0 bridgehead atoms. The Labute approximate surface area is 183 Å². The first-order chi connectivity index (χ1) is 14.6. The van der Waals surface area contributed by atoms with Gasteiger partial charge in [-0.05, 0) is 50.2 Å². The topological polar surface area (TPSA) is 130 Å². The predicted molar refractivity (Wildman–Crippen MR) is 117 cm³/mol. The molecule has 3 amide bonds. The monoisotopic (exact) mass is 459 g/mol. The van der Waals surface area contributed by atoms with Crippen LogP contribution < -0.4 is 15.4 Å². The van der Waals surface area contributed by atoms with Gasteiger partial charge >= 0.3 is 6.03 Å². The van der Waals surface area contributed by atoms with Gasteiger partial charge < -0.3 is 5.32 Å². The van der Waals surface area contributed by atoms with Crippen LogP contribution in [0.25, 0.3) is 0 Å². The van der Waals surface area contributed by atoms with Crippen LogP contribution in [0, 0.1) is 13.8 Å². The molecule has 0 aliphatic carbocycles. The van der Waals surface area contributed by atoms with Crippen molar-refractivity contribution in [2.75, 3.05) is 10.0 Å². The van der Waals surface area contributed by atoms with Crippen molar-refractivity contribution in [1.82, 2.24) is 15.3 Å². The zero-order valence-corrected chi connectivity index (χ0v) is 18.1. The van der Waals surface area contributed by atoms with Gasteiger partial charge in [0.2, 0.25) is 5.95 Å². The van der Waals surface area contributed by atoms with Gasteiger partial charge in [0.25, 0.3) is 15.9 Å². The lowest BCUT2D eigenvalue weighted by Gasteiger charge is -2.11. The van der Waals surface area contributed by atoms with Crippen LogP contribution >= 0.6 is 11.6 Å². The number of nitrogens with one attached hydrogen (secondary N) is 3. The molecule has 0 atom stereocenters. The van der Waals surface area contributed by atoms with E-state index >= 15 is 0 Å². The lowest BCUT2D eigenvalue weighted by Crippen LogP contribution is -2.34. The number of hydrogen-bond donors (Lipinski definition) is 3. The van der Waals surface area contributed by atoms with Gasteiger partial charge in [-0.15, -0.1) is 0 Å². The summed E-state index contributed by atoms with van der Waals surface area (Å²) in [5.41, 5.74) is 1.66. The maximum atomic E-state index is 12.6. The Kier molecular flexibility index (Phi) is 6.52. The first-order valence-corrected chi connectivity index (χ1v) is 10.8. The van der Waals surface area contributed by atoms with Crippen molar-refractivity contribution in [1.29, 1.82) is 0 Å². The number of hydrogen-bond acceptors (Lipinski definition) is 6. The molecule has 160 valence electrons. The lowest BCUT2D eigenvalue weighted by atomic mass is 10.2. The number of aryl methyl sites for hydroxylation is 2. The average molecular weight is 460 g/mol. The molecule has 0 aliphatic rings. The van der Waals surface area contributed by atoms with Gasteiger partial charge in [-0.2, -0.15) is 0 Å². The normalized spacial score (nSPS) is 10.9. The van der Waals surface area contributed by atoms with Crippen LogP contribution in [-0.4, -0.2) is 30.3 Å². The molecule has 0 aliphatic heterocycles. The number of benzene rings is 2. The van der Waals surface area contributed by atoms with Gasteiger partial charge in [0.05, 0.1) is 15.6 Å². The van der Waals surface area contributed by atoms with Gasteiger partial charge in [-0.25, -0.2) is 27.9 Å². The highest BCUT2D eigenvalue weighted by atomic mass is 35.5. The van der Waals surface area contributed by atoms with Crippen LogP contribution in [0.2, 0.25) is 5.02 Å². The molecular formula is C20H18ClN5O4S. The Balaban J connectivity index is 1.71. The molecule has 2 aromatic carbocycles. The van der Waals surface area contributed by atoms with Crippen LogP contribution in [0.1, 0.15) is 21.7 Å². The van der Waals surface area contributed by atoms with Crippen LogP contribution in [0.4, 0.5) is 16.4 Å². The number of nitrogens with zero attached hydrogens (tertiary/aromatic N) is 2. The second-order valence-corrected chi connectivity index (χ2v) is 8.59. The SMILES string of the molecule is Cc1cc(C)nc(NS(=O)(=O)c2ccc(NC(=O)NC(=O)c3ccccc3)c(Cl)c2)n1. The van der Waals surface area contributed by atoms with E-state index in [2.05, 4.69) is 25.3 Å². The quantitative estimate of drug-likeness (QED) is 0.535. The second-order valence-electron chi connectivity index (χ2n) is 6.50. The van der Waals surface area contributed by atoms with Crippen LogP contribution in [-0.2, 0) is 10.0 Å². The molecule has 3 rings (SSSR count). The number of carbonyl (C=O) groups is 2. The van der Waals surface area contributed by atoms with Crippen LogP contribution in [0.15, 0.2) is 59.5 Å². The zero-order chi connectivity index (χ0) is 22.6. The van der Waals surface area contributed by atoms with Gasteiger partial charge in [-0.1, -0.05) is 29.8 Å². The number of imide groups is 1. The fourth-order valence-electron chi connectivity index (χ4n) is 2.63. The third kappa shape index (κ3) is 5.77. The molecular weight excluding hydrogens is 442 g/mol. The number of rotatable bonds is 5. The summed E-state index contributed by atoms with van der Waals surface area (Å²) in [6.45, 7) is 3.44. The van der Waals surface area contributed by atoms with Crippen LogP contribution in [0.3, 0.4) is 0 Å². The minimum atomic E-state index is -4.01. The first-order valence-electron chi connectivity index (χ1n) is 8.96. The largest absolute Gasteiger partial charge is 0.326 e. The van der Waals surface area contributed by atoms with Crippen LogP contribution in [0.5, 0.6) is 0 Å². The van der Waals surface area contributed by atoms with Gasteiger partial charge in [0.15, 0.2) is 0 Å². The molecule has 1 heterocycles. The smallest absolute Gasteiger partial charge is 0.306 e. The molecule has 1 aromatic heterocycles. The highest BCUT2D eigenvalue weighted by Gasteiger charge is 2.19. The fourth-order valence-corrected chi connectivity index (χ4v) is 3.90. The number of urea groups is 1. The van der Waals surface area contributed by atoms with Crippen molar-refractivity contribution in [2.24, 2.45) is 0 Å². The maximum absolute atomic E-state index is 12.6. The summed E-state index contributed by atoms with van der Waals surface area (Å²) >= 11 is 6.14. The molecule has 3 aromatic rings. The number of anilines is 2. The Hall–Kier alpha value is -3.50. The van der Waals surface area contributed by atoms with E-state index in [-0.39, 0.29) is 21.6 Å². The summed E-state index contributed by atoms with van der Waals surface area (Å²) in [6.07, 6.45) is 0. The fraction of sp³-hybridized carbons (Fsp3) is 0.100. The summed E-state index contributed by atoms with van der Waals surface area (Å²) in [4.78, 5) is 32.1. The Morgan fingerprint density at radius 3 is 2.19 bits per heavy atom. The second kappa shape index (κ2) is 9.11. The van der Waals surface area contributed by atoms with Gasteiger partial charge in [-0.3, -0.25) is 10.1 Å². The minimum absolute atomic E-state index is 0.0356. The Bertz CT molecular complexity index is 1230. The Morgan fingerprint density at radius 1 is 0.935 bits per heavy atom. The lowest BCUT2D eigenvalue weighted by molar-refractivity contribution is 0.0967. The molecule has 0 unspecified atom stereocenters. The van der Waals surface area contributed by atoms with E-state index in [0.29, 0.717) is 17.0 Å². The Morgan fingerprint density at radius 2 is 1.58 bits per heavy atom. The molecule has 31 heavy (non-hydrogen) atoms. The van der Waals surface area contributed by atoms with E-state index in [4.69, 9.17) is 11.6 Å². The number of amides is 3. The van der Waals surface area contributed by atoms with Gasteiger partial charge in [0.1, 0.15) is 0 Å². The molecule has 0 saturated heterocycles. The molecule has 0 radical (unpaired) electrons. The molecule has 0 saturated carbocycles. The number of carbonyl (C=O) groups excluding carboxylic acids is 2. The average Bonchev–Trinajstić information content (AvgIpc) is 2.69. The van der Waals surface area contributed by atoms with Gasteiger partial charge in [0, 0.05) is 17.0 Å². The van der Waals surface area contributed by atoms with E-state index < -0.39 is 22.0 Å². The molecule has 0 spiro atoms. The van der Waals surface area contributed by atoms with E-state index in [0.717, 1.165) is 0 Å². The third-order valence-corrected chi connectivity index (χ3v) is 5.61. The third-order valence-electron chi connectivity index (χ3n) is 3.97. The van der Waals surface area contributed by atoms with Crippen molar-refractivity contribution >= 4 is 45.2 Å². The summed E-state index contributed by atoms with van der Waals surface area (Å²) in [5.74, 6) is -0.652. The van der Waals surface area contributed by atoms with E-state index in [1.165, 1.54) is 18.2 Å². The molecule has 9 nitrogen and oxygen atoms in total. The highest BCUT2D eigenvalue weighted by Crippen LogP contribution is 2.26. The number of aromatic nitrogens is 2. The number of halogens is 1. The molecule has 0 fully saturated rings. The van der Waals surface area contributed by atoms with E-state index in [9.17, 15) is 18.0 Å². The summed E-state index contributed by atoms with van der Waals surface area (Å²) in [6, 6.07) is 12.8. The van der Waals surface area contributed by atoms with Crippen molar-refractivity contribution in [2.45, 2.75) is 18.7 Å². The zero-order valence-electron chi connectivity index (χ0n) is 16.5. The first kappa shape index (κ1) is 22.2. The summed E-state index contributed by atoms with van der Waals surface area (Å²) in [7, 11) is -4.01. The predicted octanol–water partition coefficient (Wildman–Crippen LogP) is 3.51. The number of sulfonamides is 1. The minimum Gasteiger partial charge on any atom is -0.306 e. The van der Waals surface area contributed by atoms with Crippen molar-refractivity contribution in [3.63, 3.8) is 0 Å². The maximum Gasteiger partial charge on any atom is 0.326 e. The van der Waals surface area contributed by atoms with E-state index in [1.54, 1.807) is 50.2 Å². The highest BCUT2D eigenvalue weighted by molar-refractivity contribution is 7.92. The molecule has 3 N–H and O–H groups in total. The summed E-state index contributed by atoms with van der Waals surface area (Å²) < 4.78 is 27.5. The summed E-state index contributed by atoms with van der Waals surface area (Å²) in [5, 5.41) is 4.54. The standard InChI is InChI=1S/C20H18ClN5O4S/c1-12-10-13(2)23-19(22-12)26-31(29,30)15-8-9-17(16(21)11-15)24-20(28)25-18(27)14-6-4-3-5-7-14/h3-11H,1-2H3,(H,22,23,26)(H2,24,25,27,28).